The highest BCUT2D eigenvalue weighted by atomic mass is 16.6. The molecule has 0 aromatic heterocycles. The van der Waals surface area contributed by atoms with Gasteiger partial charge in [-0.1, -0.05) is 25.5 Å². The van der Waals surface area contributed by atoms with Crippen molar-refractivity contribution in [2.75, 3.05) is 26.3 Å². The van der Waals surface area contributed by atoms with Crippen LogP contribution in [0.5, 0.6) is 0 Å². The van der Waals surface area contributed by atoms with E-state index >= 15 is 0 Å². The molecule has 0 heterocycles. The fourth-order valence-electron chi connectivity index (χ4n) is 2.11. The number of carbonyl (C=O) groups is 2. The van der Waals surface area contributed by atoms with Crippen LogP contribution < -0.4 is 0 Å². The second kappa shape index (κ2) is 10.6. The molecule has 0 aliphatic heterocycles. The van der Waals surface area contributed by atoms with Gasteiger partial charge in [0, 0.05) is 13.1 Å². The Bertz CT molecular complexity index is 480. The summed E-state index contributed by atoms with van der Waals surface area (Å²) < 4.78 is 10.2. The minimum absolute atomic E-state index is 0.0590. The number of nitrogens with zero attached hydrogens (tertiary/aromatic N) is 1. The van der Waals surface area contributed by atoms with Gasteiger partial charge in [0.25, 0.3) is 0 Å². The van der Waals surface area contributed by atoms with E-state index in [1.54, 1.807) is 17.0 Å². The van der Waals surface area contributed by atoms with Crippen LogP contribution in [0.15, 0.2) is 24.3 Å². The SMILES string of the molecule is CCCCc1ccc(C(=O)OCCOC(=O)N(CC)CC)cc1. The summed E-state index contributed by atoms with van der Waals surface area (Å²) in [7, 11) is 0. The van der Waals surface area contributed by atoms with Crippen LogP contribution in [0.4, 0.5) is 4.79 Å². The standard InChI is InChI=1S/C18H27NO4/c1-4-7-8-15-9-11-16(12-10-15)17(20)22-13-14-23-18(21)19(5-2)6-3/h9-12H,4-8,13-14H2,1-3H3. The lowest BCUT2D eigenvalue weighted by molar-refractivity contribution is 0.0360. The second-order valence-electron chi connectivity index (χ2n) is 5.22. The highest BCUT2D eigenvalue weighted by molar-refractivity contribution is 5.89. The number of rotatable bonds is 9. The van der Waals surface area contributed by atoms with Crippen molar-refractivity contribution in [3.05, 3.63) is 35.4 Å². The maximum atomic E-state index is 11.9. The van der Waals surface area contributed by atoms with Crippen LogP contribution in [0.1, 0.15) is 49.5 Å². The molecule has 0 saturated heterocycles. The van der Waals surface area contributed by atoms with E-state index in [0.29, 0.717) is 18.7 Å². The van der Waals surface area contributed by atoms with E-state index in [2.05, 4.69) is 6.92 Å². The number of benzene rings is 1. The lowest BCUT2D eigenvalue weighted by Gasteiger charge is -2.17. The molecular weight excluding hydrogens is 294 g/mol. The summed E-state index contributed by atoms with van der Waals surface area (Å²) in [6.07, 6.45) is 2.93. The summed E-state index contributed by atoms with van der Waals surface area (Å²) in [5.41, 5.74) is 1.73. The molecule has 1 aromatic carbocycles. The molecule has 23 heavy (non-hydrogen) atoms. The zero-order valence-corrected chi connectivity index (χ0v) is 14.3. The summed E-state index contributed by atoms with van der Waals surface area (Å²) in [6, 6.07) is 7.45. The third kappa shape index (κ3) is 6.72. The smallest absolute Gasteiger partial charge is 0.409 e. The van der Waals surface area contributed by atoms with Gasteiger partial charge in [0.1, 0.15) is 13.2 Å². The minimum atomic E-state index is -0.397. The van der Waals surface area contributed by atoms with E-state index in [9.17, 15) is 9.59 Å². The van der Waals surface area contributed by atoms with Crippen molar-refractivity contribution >= 4 is 12.1 Å². The van der Waals surface area contributed by atoms with Gasteiger partial charge in [-0.25, -0.2) is 9.59 Å². The highest BCUT2D eigenvalue weighted by Crippen LogP contribution is 2.09. The molecule has 0 unspecified atom stereocenters. The first kappa shape index (κ1) is 19.0. The van der Waals surface area contributed by atoms with Gasteiger partial charge < -0.3 is 14.4 Å². The lowest BCUT2D eigenvalue weighted by atomic mass is 10.1. The first-order valence-corrected chi connectivity index (χ1v) is 8.30. The van der Waals surface area contributed by atoms with E-state index in [4.69, 9.17) is 9.47 Å². The fraction of sp³-hybridized carbons (Fsp3) is 0.556. The molecule has 0 radical (unpaired) electrons. The van der Waals surface area contributed by atoms with E-state index in [-0.39, 0.29) is 19.3 Å². The van der Waals surface area contributed by atoms with Gasteiger partial charge in [-0.15, -0.1) is 0 Å². The van der Waals surface area contributed by atoms with Gasteiger partial charge in [-0.3, -0.25) is 0 Å². The Hall–Kier alpha value is -2.04. The summed E-state index contributed by atoms with van der Waals surface area (Å²) in [5.74, 6) is -0.397. The number of ether oxygens (including phenoxy) is 2. The number of aryl methyl sites for hydroxylation is 1. The van der Waals surface area contributed by atoms with Crippen molar-refractivity contribution in [2.45, 2.75) is 40.0 Å². The molecular formula is C18H27NO4. The molecule has 0 N–H and O–H groups in total. The summed E-state index contributed by atoms with van der Waals surface area (Å²) >= 11 is 0. The maximum absolute atomic E-state index is 11.9. The topological polar surface area (TPSA) is 55.8 Å². The maximum Gasteiger partial charge on any atom is 0.409 e. The molecule has 5 heteroatoms. The van der Waals surface area contributed by atoms with Crippen molar-refractivity contribution < 1.29 is 19.1 Å². The predicted octanol–water partition coefficient (Wildman–Crippen LogP) is 3.66. The van der Waals surface area contributed by atoms with Crippen LogP contribution in [-0.4, -0.2) is 43.3 Å². The molecule has 0 aliphatic rings. The molecule has 0 bridgehead atoms. The minimum Gasteiger partial charge on any atom is -0.458 e. The molecule has 0 atom stereocenters. The van der Waals surface area contributed by atoms with Gasteiger partial charge in [0.15, 0.2) is 0 Å². The summed E-state index contributed by atoms with van der Waals surface area (Å²) in [4.78, 5) is 25.1. The van der Waals surface area contributed by atoms with Crippen LogP contribution in [0.3, 0.4) is 0 Å². The Balaban J connectivity index is 2.32. The normalized spacial score (nSPS) is 10.2. The van der Waals surface area contributed by atoms with Crippen molar-refractivity contribution in [2.24, 2.45) is 0 Å². The van der Waals surface area contributed by atoms with Gasteiger partial charge in [-0.2, -0.15) is 0 Å². The Labute approximate surface area is 138 Å². The largest absolute Gasteiger partial charge is 0.458 e. The number of hydrogen-bond acceptors (Lipinski definition) is 4. The molecule has 0 fully saturated rings. The van der Waals surface area contributed by atoms with Crippen LogP contribution in [0.25, 0.3) is 0 Å². The fourth-order valence-corrected chi connectivity index (χ4v) is 2.11. The van der Waals surface area contributed by atoms with Crippen LogP contribution in [-0.2, 0) is 15.9 Å². The number of amides is 1. The van der Waals surface area contributed by atoms with Crippen LogP contribution in [0.2, 0.25) is 0 Å². The predicted molar refractivity (Wildman–Crippen MR) is 89.6 cm³/mol. The number of hydrogen-bond donors (Lipinski definition) is 0. The first-order chi connectivity index (χ1) is 11.1. The number of esters is 1. The molecule has 5 nitrogen and oxygen atoms in total. The van der Waals surface area contributed by atoms with Crippen molar-refractivity contribution in [1.82, 2.24) is 4.90 Å². The van der Waals surface area contributed by atoms with Gasteiger partial charge in [-0.05, 0) is 44.4 Å². The lowest BCUT2D eigenvalue weighted by Crippen LogP contribution is -2.32. The Kier molecular flexibility index (Phi) is 8.80. The van der Waals surface area contributed by atoms with Crippen LogP contribution >= 0.6 is 0 Å². The highest BCUT2D eigenvalue weighted by Gasteiger charge is 2.11. The molecule has 0 spiro atoms. The average Bonchev–Trinajstić information content (AvgIpc) is 2.58. The van der Waals surface area contributed by atoms with Crippen molar-refractivity contribution in [1.29, 1.82) is 0 Å². The van der Waals surface area contributed by atoms with E-state index < -0.39 is 5.97 Å². The van der Waals surface area contributed by atoms with Crippen molar-refractivity contribution in [3.8, 4) is 0 Å². The van der Waals surface area contributed by atoms with Crippen LogP contribution in [0, 0.1) is 0 Å². The first-order valence-electron chi connectivity index (χ1n) is 8.30. The van der Waals surface area contributed by atoms with E-state index in [0.717, 1.165) is 19.3 Å². The number of unbranched alkanes of at least 4 members (excludes halogenated alkanes) is 1. The number of carbonyl (C=O) groups excluding carboxylic acids is 2. The quantitative estimate of drug-likeness (QED) is 0.514. The molecule has 0 aliphatic carbocycles. The summed E-state index contributed by atoms with van der Waals surface area (Å²) in [5, 5.41) is 0. The van der Waals surface area contributed by atoms with Gasteiger partial charge in [0.05, 0.1) is 5.56 Å². The van der Waals surface area contributed by atoms with Gasteiger partial charge >= 0.3 is 12.1 Å². The zero-order valence-electron chi connectivity index (χ0n) is 14.3. The molecule has 1 aromatic rings. The van der Waals surface area contributed by atoms with E-state index in [1.807, 2.05) is 26.0 Å². The third-order valence-electron chi connectivity index (χ3n) is 3.57. The summed E-state index contributed by atoms with van der Waals surface area (Å²) in [6.45, 7) is 7.24. The second-order valence-corrected chi connectivity index (χ2v) is 5.22. The van der Waals surface area contributed by atoms with E-state index in [1.165, 1.54) is 5.56 Å². The monoisotopic (exact) mass is 321 g/mol. The molecule has 1 amide bonds. The Morgan fingerprint density at radius 1 is 0.957 bits per heavy atom. The Morgan fingerprint density at radius 3 is 2.13 bits per heavy atom. The van der Waals surface area contributed by atoms with Gasteiger partial charge in [0.2, 0.25) is 0 Å². The molecule has 128 valence electrons. The third-order valence-corrected chi connectivity index (χ3v) is 3.57. The zero-order chi connectivity index (χ0) is 17.1. The van der Waals surface area contributed by atoms with Crippen molar-refractivity contribution in [3.63, 3.8) is 0 Å². The molecule has 1 rings (SSSR count). The Morgan fingerprint density at radius 2 is 1.57 bits per heavy atom. The molecule has 0 saturated carbocycles. The average molecular weight is 321 g/mol.